The third-order valence-electron chi connectivity index (χ3n) is 2.44. The van der Waals surface area contributed by atoms with E-state index in [0.29, 0.717) is 6.07 Å². The van der Waals surface area contributed by atoms with Crippen LogP contribution in [-0.2, 0) is 6.18 Å². The minimum absolute atomic E-state index is 0.0126. The van der Waals surface area contributed by atoms with E-state index in [9.17, 15) is 22.0 Å². The lowest BCUT2D eigenvalue weighted by molar-refractivity contribution is -0.141. The number of rotatable bonds is 1. The normalized spacial score (nSPS) is 19.7. The van der Waals surface area contributed by atoms with Crippen molar-refractivity contribution in [3.63, 3.8) is 0 Å². The van der Waals surface area contributed by atoms with Crippen molar-refractivity contribution in [3.05, 3.63) is 18.1 Å². The van der Waals surface area contributed by atoms with Crippen molar-refractivity contribution in [2.24, 2.45) is 0 Å². The molecule has 8 heteroatoms. The molecule has 2 heterocycles. The molecule has 0 amide bonds. The summed E-state index contributed by atoms with van der Waals surface area (Å²) in [5, 5.41) is 0. The van der Waals surface area contributed by atoms with Gasteiger partial charge in [-0.1, -0.05) is 0 Å². The summed E-state index contributed by atoms with van der Waals surface area (Å²) in [5.74, 6) is -2.99. The van der Waals surface area contributed by atoms with Crippen LogP contribution in [0.4, 0.5) is 27.8 Å². The van der Waals surface area contributed by atoms with Gasteiger partial charge in [0.1, 0.15) is 17.8 Å². The van der Waals surface area contributed by atoms with Crippen LogP contribution in [0.2, 0.25) is 0 Å². The first-order valence-electron chi connectivity index (χ1n) is 4.80. The maximum atomic E-state index is 12.9. The maximum Gasteiger partial charge on any atom is 0.433 e. The molecule has 2 rings (SSSR count). The highest BCUT2D eigenvalue weighted by Crippen LogP contribution is 2.32. The third kappa shape index (κ3) is 2.62. The molecule has 0 bridgehead atoms. The predicted octanol–water partition coefficient (Wildman–Crippen LogP) is 2.34. The molecule has 0 aromatic carbocycles. The van der Waals surface area contributed by atoms with Crippen molar-refractivity contribution < 1.29 is 22.0 Å². The summed E-state index contributed by atoms with van der Waals surface area (Å²) in [6, 6.07) is 0.682. The second-order valence-electron chi connectivity index (χ2n) is 3.79. The van der Waals surface area contributed by atoms with Gasteiger partial charge in [-0.05, 0) is 0 Å². The highest BCUT2D eigenvalue weighted by Gasteiger charge is 2.40. The van der Waals surface area contributed by atoms with E-state index in [2.05, 4.69) is 9.97 Å². The van der Waals surface area contributed by atoms with Crippen molar-refractivity contribution >= 4 is 5.82 Å². The molecule has 1 aromatic rings. The molecular formula is C9H8F5N3. The predicted molar refractivity (Wildman–Crippen MR) is 48.8 cm³/mol. The Kier molecular flexibility index (Phi) is 2.67. The van der Waals surface area contributed by atoms with Crippen molar-refractivity contribution in [2.75, 3.05) is 18.0 Å². The number of halogens is 5. The Labute approximate surface area is 93.3 Å². The van der Waals surface area contributed by atoms with Gasteiger partial charge in [0.25, 0.3) is 5.92 Å². The van der Waals surface area contributed by atoms with E-state index in [1.165, 1.54) is 0 Å². The first-order valence-corrected chi connectivity index (χ1v) is 4.80. The number of nitrogens with zero attached hydrogens (tertiary/aromatic N) is 3. The van der Waals surface area contributed by atoms with Gasteiger partial charge in [0, 0.05) is 19.0 Å². The van der Waals surface area contributed by atoms with Crippen molar-refractivity contribution in [1.82, 2.24) is 9.97 Å². The Morgan fingerprint density at radius 2 is 1.94 bits per heavy atom. The van der Waals surface area contributed by atoms with E-state index in [-0.39, 0.29) is 18.8 Å². The summed E-state index contributed by atoms with van der Waals surface area (Å²) in [4.78, 5) is 7.77. The molecule has 3 nitrogen and oxygen atoms in total. The Morgan fingerprint density at radius 1 is 1.24 bits per heavy atom. The molecule has 1 saturated heterocycles. The van der Waals surface area contributed by atoms with E-state index < -0.39 is 24.3 Å². The second kappa shape index (κ2) is 3.78. The van der Waals surface area contributed by atoms with E-state index in [0.717, 1.165) is 11.2 Å². The average molecular weight is 253 g/mol. The Hall–Kier alpha value is -1.47. The van der Waals surface area contributed by atoms with Gasteiger partial charge in [0.2, 0.25) is 0 Å². The minimum Gasteiger partial charge on any atom is -0.350 e. The fourth-order valence-corrected chi connectivity index (χ4v) is 1.61. The molecular weight excluding hydrogens is 245 g/mol. The van der Waals surface area contributed by atoms with Gasteiger partial charge in [-0.25, -0.2) is 18.7 Å². The van der Waals surface area contributed by atoms with Gasteiger partial charge >= 0.3 is 6.18 Å². The summed E-state index contributed by atoms with van der Waals surface area (Å²) in [6.07, 6.45) is -4.24. The van der Waals surface area contributed by atoms with Crippen LogP contribution in [0.25, 0.3) is 0 Å². The Balaban J connectivity index is 2.23. The molecule has 0 spiro atoms. The van der Waals surface area contributed by atoms with Gasteiger partial charge in [-0.3, -0.25) is 0 Å². The number of anilines is 1. The van der Waals surface area contributed by atoms with E-state index in [1.54, 1.807) is 0 Å². The van der Waals surface area contributed by atoms with Crippen LogP contribution < -0.4 is 4.90 Å². The Bertz CT molecular complexity index is 417. The molecule has 0 atom stereocenters. The number of hydrogen-bond donors (Lipinski definition) is 0. The fourth-order valence-electron chi connectivity index (χ4n) is 1.61. The lowest BCUT2D eigenvalue weighted by Crippen LogP contribution is -2.26. The number of aromatic nitrogens is 2. The van der Waals surface area contributed by atoms with Crippen LogP contribution in [0.15, 0.2) is 12.4 Å². The summed E-state index contributed by atoms with van der Waals surface area (Å²) in [6.45, 7) is -0.622. The highest BCUT2D eigenvalue weighted by atomic mass is 19.4. The quantitative estimate of drug-likeness (QED) is 0.719. The van der Waals surface area contributed by atoms with E-state index >= 15 is 0 Å². The topological polar surface area (TPSA) is 29.0 Å². The molecule has 1 aliphatic rings. The minimum atomic E-state index is -4.60. The van der Waals surface area contributed by atoms with Crippen molar-refractivity contribution in [1.29, 1.82) is 0 Å². The average Bonchev–Trinajstić information content (AvgIpc) is 2.58. The maximum absolute atomic E-state index is 12.9. The van der Waals surface area contributed by atoms with E-state index in [1.807, 2.05) is 0 Å². The smallest absolute Gasteiger partial charge is 0.350 e. The molecule has 17 heavy (non-hydrogen) atoms. The first-order chi connectivity index (χ1) is 7.78. The van der Waals surface area contributed by atoms with Crippen LogP contribution in [0.1, 0.15) is 12.1 Å². The lowest BCUT2D eigenvalue weighted by atomic mass is 10.3. The monoisotopic (exact) mass is 253 g/mol. The summed E-state index contributed by atoms with van der Waals surface area (Å²) in [5.41, 5.74) is -1.13. The molecule has 0 N–H and O–H groups in total. The SMILES string of the molecule is FC1(F)CCN(c2cc(C(F)(F)F)ncn2)C1. The molecule has 0 unspecified atom stereocenters. The van der Waals surface area contributed by atoms with E-state index in [4.69, 9.17) is 0 Å². The third-order valence-corrected chi connectivity index (χ3v) is 2.44. The van der Waals surface area contributed by atoms with Gasteiger partial charge in [0.05, 0.1) is 6.54 Å². The molecule has 1 fully saturated rings. The molecule has 94 valence electrons. The largest absolute Gasteiger partial charge is 0.433 e. The zero-order valence-corrected chi connectivity index (χ0v) is 8.51. The standard InChI is InChI=1S/C9H8F5N3/c10-8(11)1-2-17(4-8)7-3-6(9(12,13)14)15-5-16-7/h3,5H,1-2,4H2. The van der Waals surface area contributed by atoms with Crippen molar-refractivity contribution in [3.8, 4) is 0 Å². The van der Waals surface area contributed by atoms with Crippen LogP contribution in [0, 0.1) is 0 Å². The van der Waals surface area contributed by atoms with Crippen LogP contribution in [0.5, 0.6) is 0 Å². The first kappa shape index (κ1) is 12.0. The number of alkyl halides is 5. The molecule has 0 aliphatic carbocycles. The van der Waals surface area contributed by atoms with Gasteiger partial charge < -0.3 is 4.90 Å². The van der Waals surface area contributed by atoms with Gasteiger partial charge in [-0.2, -0.15) is 13.2 Å². The fraction of sp³-hybridized carbons (Fsp3) is 0.556. The Morgan fingerprint density at radius 3 is 2.47 bits per heavy atom. The molecule has 0 radical (unpaired) electrons. The lowest BCUT2D eigenvalue weighted by Gasteiger charge is -2.17. The molecule has 1 aromatic heterocycles. The highest BCUT2D eigenvalue weighted by molar-refractivity contribution is 5.41. The zero-order valence-electron chi connectivity index (χ0n) is 8.51. The van der Waals surface area contributed by atoms with Crippen LogP contribution in [-0.4, -0.2) is 29.0 Å². The van der Waals surface area contributed by atoms with Crippen LogP contribution in [0.3, 0.4) is 0 Å². The summed E-state index contributed by atoms with van der Waals surface area (Å²) >= 11 is 0. The van der Waals surface area contributed by atoms with Crippen LogP contribution >= 0.6 is 0 Å². The summed E-state index contributed by atoms with van der Waals surface area (Å²) < 4.78 is 62.9. The zero-order chi connectivity index (χ0) is 12.7. The van der Waals surface area contributed by atoms with Gasteiger partial charge in [-0.15, -0.1) is 0 Å². The van der Waals surface area contributed by atoms with Gasteiger partial charge in [0.15, 0.2) is 0 Å². The molecule has 1 aliphatic heterocycles. The summed E-state index contributed by atoms with van der Waals surface area (Å²) in [7, 11) is 0. The van der Waals surface area contributed by atoms with Crippen molar-refractivity contribution in [2.45, 2.75) is 18.5 Å². The number of hydrogen-bond acceptors (Lipinski definition) is 3. The second-order valence-corrected chi connectivity index (χ2v) is 3.79. The molecule has 0 saturated carbocycles.